The minimum atomic E-state index is -4.36. The number of halogens is 4. The maximum atomic E-state index is 12.5. The summed E-state index contributed by atoms with van der Waals surface area (Å²) in [4.78, 5) is 0.0229. The van der Waals surface area contributed by atoms with Crippen LogP contribution in [-0.4, -0.2) is 31.5 Å². The Bertz CT molecular complexity index is 571. The maximum Gasteiger partial charge on any atom is 0.390 e. The molecule has 2 rings (SSSR count). The summed E-state index contributed by atoms with van der Waals surface area (Å²) in [7, 11) is -3.86. The first-order valence-electron chi connectivity index (χ1n) is 6.04. The van der Waals surface area contributed by atoms with Gasteiger partial charge in [0.2, 0.25) is 10.0 Å². The first kappa shape index (κ1) is 15.8. The molecule has 0 bridgehead atoms. The second-order valence-electron chi connectivity index (χ2n) is 4.69. The van der Waals surface area contributed by atoms with Crippen molar-refractivity contribution in [3.8, 4) is 0 Å². The topological polar surface area (TPSA) is 37.4 Å². The predicted molar refractivity (Wildman–Crippen MR) is 71.7 cm³/mol. The Kier molecular flexibility index (Phi) is 4.46. The highest BCUT2D eigenvalue weighted by Crippen LogP contribution is 2.33. The van der Waals surface area contributed by atoms with Crippen LogP contribution in [0.15, 0.2) is 33.6 Å². The van der Waals surface area contributed by atoms with E-state index in [0.717, 1.165) is 4.31 Å². The van der Waals surface area contributed by atoms with Crippen molar-refractivity contribution < 1.29 is 21.6 Å². The van der Waals surface area contributed by atoms with Crippen LogP contribution in [0.5, 0.6) is 0 Å². The summed E-state index contributed by atoms with van der Waals surface area (Å²) in [6.45, 7) is 0.138. The summed E-state index contributed by atoms with van der Waals surface area (Å²) in [5.74, 6) is 0. The van der Waals surface area contributed by atoms with E-state index in [1.807, 2.05) is 0 Å². The van der Waals surface area contributed by atoms with Crippen LogP contribution in [0, 0.1) is 0 Å². The molecule has 8 heteroatoms. The SMILES string of the molecule is O=S(=O)(c1ccc(Br)cc1)N1CCCC1CC(F)(F)F. The zero-order valence-electron chi connectivity index (χ0n) is 10.4. The van der Waals surface area contributed by atoms with E-state index in [1.165, 1.54) is 12.1 Å². The second kappa shape index (κ2) is 5.65. The molecule has 1 saturated heterocycles. The molecule has 0 aliphatic carbocycles. The first-order chi connectivity index (χ1) is 9.20. The van der Waals surface area contributed by atoms with Crippen molar-refractivity contribution in [2.75, 3.05) is 6.54 Å². The van der Waals surface area contributed by atoms with E-state index >= 15 is 0 Å². The molecule has 0 N–H and O–H groups in total. The lowest BCUT2D eigenvalue weighted by molar-refractivity contribution is -0.142. The zero-order valence-corrected chi connectivity index (χ0v) is 12.8. The lowest BCUT2D eigenvalue weighted by Crippen LogP contribution is -2.38. The summed E-state index contributed by atoms with van der Waals surface area (Å²) in [5.41, 5.74) is 0. The van der Waals surface area contributed by atoms with Gasteiger partial charge in [0.05, 0.1) is 11.3 Å². The van der Waals surface area contributed by atoms with E-state index in [2.05, 4.69) is 15.9 Å². The standard InChI is InChI=1S/C12H13BrF3NO2S/c13-9-3-5-11(6-4-9)20(18,19)17-7-1-2-10(17)8-12(14,15)16/h3-6,10H,1-2,7-8H2. The lowest BCUT2D eigenvalue weighted by atomic mass is 10.1. The number of benzene rings is 1. The van der Waals surface area contributed by atoms with Gasteiger partial charge in [0.1, 0.15) is 0 Å². The number of nitrogens with zero attached hydrogens (tertiary/aromatic N) is 1. The van der Waals surface area contributed by atoms with Crippen molar-refractivity contribution in [3.05, 3.63) is 28.7 Å². The van der Waals surface area contributed by atoms with E-state index in [1.54, 1.807) is 12.1 Å². The van der Waals surface area contributed by atoms with Gasteiger partial charge >= 0.3 is 6.18 Å². The first-order valence-corrected chi connectivity index (χ1v) is 8.27. The number of alkyl halides is 3. The van der Waals surface area contributed by atoms with Crippen molar-refractivity contribution >= 4 is 26.0 Å². The zero-order chi connectivity index (χ0) is 15.0. The third kappa shape index (κ3) is 3.53. The van der Waals surface area contributed by atoms with Crippen molar-refractivity contribution in [1.29, 1.82) is 0 Å². The highest BCUT2D eigenvalue weighted by Gasteiger charge is 2.41. The van der Waals surface area contributed by atoms with Crippen LogP contribution in [0.3, 0.4) is 0 Å². The fraction of sp³-hybridized carbons (Fsp3) is 0.500. The molecule has 1 heterocycles. The van der Waals surface area contributed by atoms with E-state index in [4.69, 9.17) is 0 Å². The van der Waals surface area contributed by atoms with E-state index < -0.39 is 28.7 Å². The quantitative estimate of drug-likeness (QED) is 0.814. The van der Waals surface area contributed by atoms with Gasteiger partial charge in [0.25, 0.3) is 0 Å². The van der Waals surface area contributed by atoms with Crippen molar-refractivity contribution in [2.24, 2.45) is 0 Å². The largest absolute Gasteiger partial charge is 0.390 e. The van der Waals surface area contributed by atoms with Crippen LogP contribution in [0.25, 0.3) is 0 Å². The summed E-state index contributed by atoms with van der Waals surface area (Å²) < 4.78 is 63.9. The van der Waals surface area contributed by atoms with Gasteiger partial charge in [-0.25, -0.2) is 8.42 Å². The highest BCUT2D eigenvalue weighted by molar-refractivity contribution is 9.10. The molecule has 20 heavy (non-hydrogen) atoms. The minimum absolute atomic E-state index is 0.0229. The van der Waals surface area contributed by atoms with Gasteiger partial charge in [-0.15, -0.1) is 0 Å². The monoisotopic (exact) mass is 371 g/mol. The number of hydrogen-bond acceptors (Lipinski definition) is 2. The molecule has 112 valence electrons. The van der Waals surface area contributed by atoms with Crippen molar-refractivity contribution in [1.82, 2.24) is 4.31 Å². The van der Waals surface area contributed by atoms with Crippen molar-refractivity contribution in [3.63, 3.8) is 0 Å². The third-order valence-electron chi connectivity index (χ3n) is 3.21. The highest BCUT2D eigenvalue weighted by atomic mass is 79.9. The average Bonchev–Trinajstić information content (AvgIpc) is 2.76. The van der Waals surface area contributed by atoms with Gasteiger partial charge in [0.15, 0.2) is 0 Å². The van der Waals surface area contributed by atoms with Gasteiger partial charge in [-0.3, -0.25) is 0 Å². The smallest absolute Gasteiger partial charge is 0.207 e. The third-order valence-corrected chi connectivity index (χ3v) is 5.71. The van der Waals surface area contributed by atoms with Gasteiger partial charge in [-0.05, 0) is 37.1 Å². The molecule has 0 radical (unpaired) electrons. The van der Waals surface area contributed by atoms with Gasteiger partial charge in [-0.2, -0.15) is 17.5 Å². The Morgan fingerprint density at radius 2 is 1.85 bits per heavy atom. The normalized spacial score (nSPS) is 21.3. The van der Waals surface area contributed by atoms with E-state index in [9.17, 15) is 21.6 Å². The molecule has 0 amide bonds. The molecule has 0 aromatic heterocycles. The lowest BCUT2D eigenvalue weighted by Gasteiger charge is -2.24. The maximum absolute atomic E-state index is 12.5. The molecule has 0 spiro atoms. The van der Waals surface area contributed by atoms with E-state index in [-0.39, 0.29) is 17.9 Å². The molecule has 1 atom stereocenters. The Morgan fingerprint density at radius 1 is 1.25 bits per heavy atom. The average molecular weight is 372 g/mol. The Morgan fingerprint density at radius 3 is 2.40 bits per heavy atom. The van der Waals surface area contributed by atoms with Crippen LogP contribution < -0.4 is 0 Å². The molecular weight excluding hydrogens is 359 g/mol. The van der Waals surface area contributed by atoms with Gasteiger partial charge < -0.3 is 0 Å². The van der Waals surface area contributed by atoms with E-state index in [0.29, 0.717) is 10.9 Å². The van der Waals surface area contributed by atoms with Crippen LogP contribution in [-0.2, 0) is 10.0 Å². The summed E-state index contributed by atoms with van der Waals surface area (Å²) in [6, 6.07) is 4.90. The molecule has 1 aromatic carbocycles. The fourth-order valence-corrected chi connectivity index (χ4v) is 4.30. The van der Waals surface area contributed by atoms with Crippen LogP contribution in [0.1, 0.15) is 19.3 Å². The summed E-state index contributed by atoms with van der Waals surface area (Å²) >= 11 is 3.19. The van der Waals surface area contributed by atoms with Crippen molar-refractivity contribution in [2.45, 2.75) is 36.4 Å². The molecule has 0 saturated carbocycles. The molecule has 1 aromatic rings. The molecule has 3 nitrogen and oxygen atoms in total. The molecule has 1 fully saturated rings. The molecule has 1 unspecified atom stereocenters. The minimum Gasteiger partial charge on any atom is -0.207 e. The Balaban J connectivity index is 2.26. The molecule has 1 aliphatic heterocycles. The van der Waals surface area contributed by atoms with Crippen LogP contribution >= 0.6 is 15.9 Å². The molecular formula is C12H13BrF3NO2S. The summed E-state index contributed by atoms with van der Waals surface area (Å²) in [5, 5.41) is 0. The van der Waals surface area contributed by atoms with Crippen LogP contribution in [0.2, 0.25) is 0 Å². The second-order valence-corrected chi connectivity index (χ2v) is 7.49. The van der Waals surface area contributed by atoms with Gasteiger partial charge in [-0.1, -0.05) is 15.9 Å². The predicted octanol–water partition coefficient (Wildman–Crippen LogP) is 3.55. The van der Waals surface area contributed by atoms with Gasteiger partial charge in [0, 0.05) is 17.1 Å². The molecule has 1 aliphatic rings. The number of sulfonamides is 1. The fourth-order valence-electron chi connectivity index (χ4n) is 2.34. The summed E-state index contributed by atoms with van der Waals surface area (Å²) in [6.07, 6.45) is -4.75. The Labute approximate surface area is 123 Å². The number of rotatable bonds is 3. The Hall–Kier alpha value is -0.600. The van der Waals surface area contributed by atoms with Crippen LogP contribution in [0.4, 0.5) is 13.2 Å². The number of hydrogen-bond donors (Lipinski definition) is 0.